The van der Waals surface area contributed by atoms with E-state index in [0.717, 1.165) is 0 Å². The van der Waals surface area contributed by atoms with E-state index < -0.39 is 5.91 Å². The van der Waals surface area contributed by atoms with Crippen LogP contribution in [0.2, 0.25) is 0 Å². The van der Waals surface area contributed by atoms with Gasteiger partial charge in [0.25, 0.3) is 11.8 Å². The Balaban J connectivity index is 1.46. The molecule has 1 aliphatic heterocycles. The van der Waals surface area contributed by atoms with Crippen LogP contribution in [0, 0.1) is 6.92 Å². The molecular weight excluding hydrogens is 462 g/mol. The van der Waals surface area contributed by atoms with E-state index in [1.54, 1.807) is 47.2 Å². The van der Waals surface area contributed by atoms with E-state index in [1.165, 1.54) is 0 Å². The molecule has 10 heteroatoms. The number of nitrogens with zero attached hydrogens (tertiary/aromatic N) is 4. The zero-order valence-corrected chi connectivity index (χ0v) is 19.8. The lowest BCUT2D eigenvalue weighted by Crippen LogP contribution is -2.40. The number of benzene rings is 1. The highest BCUT2D eigenvalue weighted by Gasteiger charge is 2.29. The smallest absolute Gasteiger partial charge is 0.291 e. The van der Waals surface area contributed by atoms with Gasteiger partial charge >= 0.3 is 0 Å². The minimum absolute atomic E-state index is 0.0888. The van der Waals surface area contributed by atoms with E-state index in [-0.39, 0.29) is 11.7 Å². The first-order valence-corrected chi connectivity index (χ1v) is 11.6. The molecule has 36 heavy (non-hydrogen) atoms. The zero-order chi connectivity index (χ0) is 24.8. The highest BCUT2D eigenvalue weighted by molar-refractivity contribution is 6.18. The molecule has 4 aromatic heterocycles. The van der Waals surface area contributed by atoms with E-state index in [0.29, 0.717) is 76.7 Å². The van der Waals surface area contributed by atoms with Crippen molar-refractivity contribution >= 4 is 39.5 Å². The normalized spacial score (nSPS) is 14.0. The average molecular weight is 486 g/mol. The maximum Gasteiger partial charge on any atom is 0.291 e. The number of hydrogen-bond acceptors (Lipinski definition) is 7. The van der Waals surface area contributed by atoms with Crippen molar-refractivity contribution in [2.75, 3.05) is 31.6 Å². The lowest BCUT2D eigenvalue weighted by atomic mass is 10.1. The molecule has 5 aromatic rings. The number of rotatable bonds is 4. The van der Waals surface area contributed by atoms with Gasteiger partial charge in [-0.3, -0.25) is 14.3 Å². The molecule has 0 atom stereocenters. The van der Waals surface area contributed by atoms with Crippen LogP contribution < -0.4 is 5.32 Å². The third-order valence-electron chi connectivity index (χ3n) is 6.31. The summed E-state index contributed by atoms with van der Waals surface area (Å²) < 4.78 is 18.5. The number of aromatic nitrogens is 3. The molecule has 0 spiro atoms. The summed E-state index contributed by atoms with van der Waals surface area (Å²) >= 11 is 0. The van der Waals surface area contributed by atoms with Crippen LogP contribution in [-0.4, -0.2) is 57.8 Å². The van der Waals surface area contributed by atoms with Gasteiger partial charge in [-0.15, -0.1) is 0 Å². The first-order chi connectivity index (χ1) is 17.5. The topological polar surface area (TPSA) is 116 Å². The van der Waals surface area contributed by atoms with Crippen LogP contribution in [0.4, 0.5) is 5.69 Å². The van der Waals surface area contributed by atoms with Crippen molar-refractivity contribution in [1.29, 1.82) is 0 Å². The Hall–Kier alpha value is -4.44. The number of furan rings is 2. The first-order valence-electron chi connectivity index (χ1n) is 11.6. The molecule has 6 rings (SSSR count). The summed E-state index contributed by atoms with van der Waals surface area (Å²) in [6, 6.07) is 12.5. The highest BCUT2D eigenvalue weighted by atomic mass is 16.5. The second-order valence-electron chi connectivity index (χ2n) is 8.60. The van der Waals surface area contributed by atoms with E-state index in [2.05, 4.69) is 15.4 Å². The van der Waals surface area contributed by atoms with Gasteiger partial charge in [0.2, 0.25) is 5.76 Å². The van der Waals surface area contributed by atoms with Gasteiger partial charge in [0.05, 0.1) is 36.1 Å². The maximum absolute atomic E-state index is 13.8. The Morgan fingerprint density at radius 1 is 1.08 bits per heavy atom. The molecule has 1 fully saturated rings. The molecule has 0 saturated carbocycles. The number of amides is 2. The number of carbonyl (C=O) groups is 2. The van der Waals surface area contributed by atoms with Crippen molar-refractivity contribution in [3.8, 4) is 11.5 Å². The number of anilines is 1. The Bertz CT molecular complexity index is 1610. The molecule has 5 heterocycles. The lowest BCUT2D eigenvalue weighted by Gasteiger charge is -2.26. The standard InChI is InChI=1S/C26H23N5O5/c1-15-21-17(14-18(20-8-5-11-35-20)27-24(21)30(2)29-15)25(32)28-22-16-6-3-4-7-19(16)36-23(22)26(33)31-9-12-34-13-10-31/h3-8,11,14H,9-10,12-13H2,1-2H3,(H,28,32). The zero-order valence-electron chi connectivity index (χ0n) is 19.8. The second-order valence-corrected chi connectivity index (χ2v) is 8.60. The summed E-state index contributed by atoms with van der Waals surface area (Å²) in [4.78, 5) is 33.5. The fraction of sp³-hybridized carbons (Fsp3) is 0.231. The van der Waals surface area contributed by atoms with E-state index in [4.69, 9.17) is 13.6 Å². The average Bonchev–Trinajstić information content (AvgIpc) is 3.63. The highest BCUT2D eigenvalue weighted by Crippen LogP contribution is 2.34. The number of ether oxygens (including phenoxy) is 1. The summed E-state index contributed by atoms with van der Waals surface area (Å²) in [6.07, 6.45) is 1.55. The van der Waals surface area contributed by atoms with Crippen LogP contribution in [-0.2, 0) is 11.8 Å². The van der Waals surface area contributed by atoms with Crippen LogP contribution in [0.3, 0.4) is 0 Å². The van der Waals surface area contributed by atoms with Crippen LogP contribution in [0.5, 0.6) is 0 Å². The molecule has 1 aliphatic rings. The van der Waals surface area contributed by atoms with Crippen LogP contribution in [0.1, 0.15) is 26.6 Å². The molecule has 0 unspecified atom stereocenters. The SMILES string of the molecule is Cc1nn(C)c2nc(-c3ccco3)cc(C(=O)Nc3c(C(=O)N4CCOCC4)oc4ccccc34)c12. The predicted molar refractivity (Wildman–Crippen MR) is 132 cm³/mol. The van der Waals surface area contributed by atoms with Crippen molar-refractivity contribution in [1.82, 2.24) is 19.7 Å². The molecule has 1 saturated heterocycles. The molecule has 0 radical (unpaired) electrons. The van der Waals surface area contributed by atoms with Crippen molar-refractivity contribution in [2.24, 2.45) is 7.05 Å². The minimum Gasteiger partial charge on any atom is -0.463 e. The second kappa shape index (κ2) is 8.65. The Labute approximate surface area is 205 Å². The molecule has 2 amide bonds. The summed E-state index contributed by atoms with van der Waals surface area (Å²) in [5.41, 5.74) is 2.93. The Morgan fingerprint density at radius 2 is 1.89 bits per heavy atom. The van der Waals surface area contributed by atoms with Gasteiger partial charge in [0, 0.05) is 25.5 Å². The molecule has 0 aliphatic carbocycles. The van der Waals surface area contributed by atoms with E-state index in [1.807, 2.05) is 25.1 Å². The number of morpholine rings is 1. The van der Waals surface area contributed by atoms with Crippen LogP contribution >= 0.6 is 0 Å². The molecule has 1 N–H and O–H groups in total. The largest absolute Gasteiger partial charge is 0.463 e. The Morgan fingerprint density at radius 3 is 2.67 bits per heavy atom. The van der Waals surface area contributed by atoms with Crippen LogP contribution in [0.15, 0.2) is 57.6 Å². The van der Waals surface area contributed by atoms with Gasteiger partial charge in [0.15, 0.2) is 11.4 Å². The van der Waals surface area contributed by atoms with E-state index >= 15 is 0 Å². The molecule has 1 aromatic carbocycles. The minimum atomic E-state index is -0.408. The van der Waals surface area contributed by atoms with Gasteiger partial charge in [0.1, 0.15) is 17.0 Å². The quantitative estimate of drug-likeness (QED) is 0.409. The Kier molecular flexibility index (Phi) is 5.30. The van der Waals surface area contributed by atoms with Gasteiger partial charge in [-0.05, 0) is 37.3 Å². The maximum atomic E-state index is 13.8. The number of fused-ring (bicyclic) bond motifs is 2. The number of carbonyl (C=O) groups excluding carboxylic acids is 2. The number of para-hydroxylation sites is 1. The third kappa shape index (κ3) is 3.62. The predicted octanol–water partition coefficient (Wildman–Crippen LogP) is 4.01. The molecular formula is C26H23N5O5. The van der Waals surface area contributed by atoms with Crippen LogP contribution in [0.25, 0.3) is 33.5 Å². The van der Waals surface area contributed by atoms with Crippen molar-refractivity contribution in [3.63, 3.8) is 0 Å². The van der Waals surface area contributed by atoms with Gasteiger partial charge in [-0.1, -0.05) is 12.1 Å². The molecule has 0 bridgehead atoms. The first kappa shape index (κ1) is 22.1. The molecule has 182 valence electrons. The van der Waals surface area contributed by atoms with Crippen molar-refractivity contribution in [2.45, 2.75) is 6.92 Å². The lowest BCUT2D eigenvalue weighted by molar-refractivity contribution is 0.0285. The number of hydrogen-bond donors (Lipinski definition) is 1. The van der Waals surface area contributed by atoms with Gasteiger partial charge < -0.3 is 23.8 Å². The van der Waals surface area contributed by atoms with Gasteiger partial charge in [-0.2, -0.15) is 5.10 Å². The fourth-order valence-corrected chi connectivity index (χ4v) is 4.59. The van der Waals surface area contributed by atoms with Crippen molar-refractivity contribution in [3.05, 3.63) is 65.7 Å². The van der Waals surface area contributed by atoms with E-state index in [9.17, 15) is 9.59 Å². The fourth-order valence-electron chi connectivity index (χ4n) is 4.59. The van der Waals surface area contributed by atoms with Gasteiger partial charge in [-0.25, -0.2) is 4.98 Å². The molecule has 10 nitrogen and oxygen atoms in total. The van der Waals surface area contributed by atoms with Crippen molar-refractivity contribution < 1.29 is 23.2 Å². The third-order valence-corrected chi connectivity index (χ3v) is 6.31. The number of pyridine rings is 1. The summed E-state index contributed by atoms with van der Waals surface area (Å²) in [7, 11) is 1.78. The summed E-state index contributed by atoms with van der Waals surface area (Å²) in [5, 5.41) is 8.69. The summed E-state index contributed by atoms with van der Waals surface area (Å²) in [5.74, 6) is -0.0833. The summed E-state index contributed by atoms with van der Waals surface area (Å²) in [6.45, 7) is 3.65. The number of aryl methyl sites for hydroxylation is 2. The number of nitrogens with one attached hydrogen (secondary N) is 1. The monoisotopic (exact) mass is 485 g/mol.